The zero-order valence-electron chi connectivity index (χ0n) is 9.62. The molecule has 0 aliphatic carbocycles. The van der Waals surface area contributed by atoms with Gasteiger partial charge in [-0.25, -0.2) is 5.01 Å². The van der Waals surface area contributed by atoms with Gasteiger partial charge in [0.2, 0.25) is 0 Å². The van der Waals surface area contributed by atoms with Crippen molar-refractivity contribution in [3.05, 3.63) is 24.3 Å². The van der Waals surface area contributed by atoms with Crippen LogP contribution in [0, 0.1) is 0 Å². The van der Waals surface area contributed by atoms with E-state index >= 15 is 0 Å². The molecule has 1 aliphatic rings. The number of hydrazine groups is 1. The summed E-state index contributed by atoms with van der Waals surface area (Å²) in [5.41, 5.74) is 0.487. The molecule has 0 atom stereocenters. The van der Waals surface area contributed by atoms with Crippen molar-refractivity contribution in [3.8, 4) is 0 Å². The SMILES string of the molecule is CN1CCCN1c1ccc(S(F)(F)(F)(F)F)cc1. The zero-order valence-corrected chi connectivity index (χ0v) is 10.4. The van der Waals surface area contributed by atoms with E-state index < -0.39 is 15.1 Å². The average molecular weight is 288 g/mol. The summed E-state index contributed by atoms with van der Waals surface area (Å²) in [5, 5.41) is 3.60. The first kappa shape index (κ1) is 13.4. The second-order valence-electron chi connectivity index (χ2n) is 4.32. The van der Waals surface area contributed by atoms with Crippen LogP contribution in [0.3, 0.4) is 0 Å². The van der Waals surface area contributed by atoms with Gasteiger partial charge in [-0.2, -0.15) is 0 Å². The molecule has 0 N–H and O–H groups in total. The number of nitrogens with zero attached hydrogens (tertiary/aromatic N) is 2. The van der Waals surface area contributed by atoms with Gasteiger partial charge >= 0.3 is 10.2 Å². The smallest absolute Gasteiger partial charge is 0.306 e. The van der Waals surface area contributed by atoms with E-state index in [0.29, 0.717) is 24.4 Å². The van der Waals surface area contributed by atoms with Crippen LogP contribution < -0.4 is 5.01 Å². The number of halogens is 5. The van der Waals surface area contributed by atoms with Gasteiger partial charge in [-0.1, -0.05) is 19.4 Å². The molecule has 2 rings (SSSR count). The fourth-order valence-corrected chi connectivity index (χ4v) is 2.59. The highest BCUT2D eigenvalue weighted by Crippen LogP contribution is 3.02. The lowest BCUT2D eigenvalue weighted by atomic mass is 10.3. The van der Waals surface area contributed by atoms with Crippen LogP contribution in [0.1, 0.15) is 6.42 Å². The highest BCUT2D eigenvalue weighted by molar-refractivity contribution is 8.45. The lowest BCUT2D eigenvalue weighted by molar-refractivity contribution is 0.363. The normalized spacial score (nSPS) is 21.8. The van der Waals surface area contributed by atoms with Crippen LogP contribution >= 0.6 is 10.2 Å². The third kappa shape index (κ3) is 2.69. The van der Waals surface area contributed by atoms with Crippen LogP contribution in [0.25, 0.3) is 0 Å². The van der Waals surface area contributed by atoms with Crippen molar-refractivity contribution in [1.82, 2.24) is 5.01 Å². The Bertz CT molecular complexity index is 455. The summed E-state index contributed by atoms with van der Waals surface area (Å²) >= 11 is 0. The number of anilines is 1. The highest BCUT2D eigenvalue weighted by atomic mass is 32.5. The minimum atomic E-state index is -9.55. The Kier molecular flexibility index (Phi) is 2.46. The Hall–Kier alpha value is -1.02. The summed E-state index contributed by atoms with van der Waals surface area (Å²) in [6, 6.07) is 3.05. The fraction of sp³-hybridized carbons (Fsp3) is 0.400. The molecule has 0 amide bonds. The maximum atomic E-state index is 12.5. The third-order valence-corrected chi connectivity index (χ3v) is 4.01. The molecule has 0 saturated carbocycles. The predicted octanol–water partition coefficient (Wildman–Crippen LogP) is 4.40. The van der Waals surface area contributed by atoms with Crippen LogP contribution in [0.15, 0.2) is 29.2 Å². The van der Waals surface area contributed by atoms with Crippen LogP contribution in [0.4, 0.5) is 25.1 Å². The van der Waals surface area contributed by atoms with E-state index in [1.165, 1.54) is 0 Å². The number of rotatable bonds is 2. The third-order valence-electron chi connectivity index (χ3n) is 2.84. The Balaban J connectivity index is 2.32. The molecule has 1 heterocycles. The summed E-state index contributed by atoms with van der Waals surface area (Å²) < 4.78 is 62.5. The van der Waals surface area contributed by atoms with Gasteiger partial charge in [0.05, 0.1) is 5.69 Å². The molecule has 8 heteroatoms. The molecular weight excluding hydrogens is 275 g/mol. The molecule has 0 bridgehead atoms. The molecule has 0 spiro atoms. The fourth-order valence-electron chi connectivity index (χ4n) is 1.94. The van der Waals surface area contributed by atoms with Gasteiger partial charge < -0.3 is 5.01 Å². The molecule has 0 unspecified atom stereocenters. The summed E-state index contributed by atoms with van der Waals surface area (Å²) in [5.74, 6) is 0. The van der Waals surface area contributed by atoms with Crippen LogP contribution in [0.5, 0.6) is 0 Å². The lowest BCUT2D eigenvalue weighted by Gasteiger charge is -2.40. The van der Waals surface area contributed by atoms with E-state index in [0.717, 1.165) is 25.1 Å². The van der Waals surface area contributed by atoms with Crippen molar-refractivity contribution in [2.24, 2.45) is 0 Å². The summed E-state index contributed by atoms with van der Waals surface area (Å²) in [7, 11) is -7.75. The van der Waals surface area contributed by atoms with Gasteiger partial charge in [-0.3, -0.25) is 0 Å². The minimum Gasteiger partial charge on any atom is -0.306 e. The minimum absolute atomic E-state index is 0.447. The van der Waals surface area contributed by atoms with Crippen molar-refractivity contribution in [2.75, 3.05) is 25.1 Å². The highest BCUT2D eigenvalue weighted by Gasteiger charge is 2.65. The quantitative estimate of drug-likeness (QED) is 0.744. The van der Waals surface area contributed by atoms with Crippen LogP contribution in [-0.2, 0) is 0 Å². The molecule has 1 aromatic carbocycles. The van der Waals surface area contributed by atoms with E-state index in [9.17, 15) is 19.4 Å². The molecule has 0 radical (unpaired) electrons. The monoisotopic (exact) mass is 288 g/mol. The van der Waals surface area contributed by atoms with Crippen molar-refractivity contribution < 1.29 is 19.4 Å². The van der Waals surface area contributed by atoms with Gasteiger partial charge in [0.15, 0.2) is 0 Å². The summed E-state index contributed by atoms with van der Waals surface area (Å²) in [6.07, 6.45) is 0.889. The van der Waals surface area contributed by atoms with Gasteiger partial charge in [-0.05, 0) is 30.7 Å². The zero-order chi connectivity index (χ0) is 13.7. The van der Waals surface area contributed by atoms with E-state index in [-0.39, 0.29) is 0 Å². The Morgan fingerprint density at radius 2 is 1.50 bits per heavy atom. The van der Waals surface area contributed by atoms with Crippen molar-refractivity contribution in [3.63, 3.8) is 0 Å². The second-order valence-corrected chi connectivity index (χ2v) is 6.73. The van der Waals surface area contributed by atoms with Gasteiger partial charge in [0, 0.05) is 20.1 Å². The standard InChI is InChI=1S/C10H13F5N2S/c1-16-7-2-8-17(16)9-3-5-10(6-4-9)18(11,12,13,14)15/h3-6H,2,7-8H2,1H3. The molecule has 0 aromatic heterocycles. The van der Waals surface area contributed by atoms with E-state index in [4.69, 9.17) is 0 Å². The van der Waals surface area contributed by atoms with Crippen molar-refractivity contribution in [1.29, 1.82) is 0 Å². The molecule has 1 saturated heterocycles. The van der Waals surface area contributed by atoms with E-state index in [1.807, 2.05) is 5.01 Å². The van der Waals surface area contributed by atoms with Crippen LogP contribution in [-0.4, -0.2) is 25.1 Å². The van der Waals surface area contributed by atoms with E-state index in [2.05, 4.69) is 0 Å². The van der Waals surface area contributed by atoms with Gasteiger partial charge in [-0.15, -0.1) is 0 Å². The topological polar surface area (TPSA) is 6.48 Å². The second kappa shape index (κ2) is 3.30. The molecule has 1 aromatic rings. The molecular formula is C10H13F5N2S. The van der Waals surface area contributed by atoms with E-state index in [1.54, 1.807) is 12.1 Å². The number of hydrogen-bond donors (Lipinski definition) is 0. The van der Waals surface area contributed by atoms with Gasteiger partial charge in [0.25, 0.3) is 0 Å². The first-order valence-electron chi connectivity index (χ1n) is 5.30. The first-order valence-corrected chi connectivity index (χ1v) is 7.25. The maximum absolute atomic E-state index is 12.5. The Morgan fingerprint density at radius 1 is 0.944 bits per heavy atom. The number of hydrogen-bond acceptors (Lipinski definition) is 2. The average Bonchev–Trinajstić information content (AvgIpc) is 2.61. The largest absolute Gasteiger partial charge is 0.310 e. The van der Waals surface area contributed by atoms with Crippen molar-refractivity contribution in [2.45, 2.75) is 11.3 Å². The summed E-state index contributed by atoms with van der Waals surface area (Å²) in [4.78, 5) is -1.85. The molecule has 2 nitrogen and oxygen atoms in total. The van der Waals surface area contributed by atoms with Crippen molar-refractivity contribution >= 4 is 15.9 Å². The Labute approximate surface area is 102 Å². The summed E-state index contributed by atoms with van der Waals surface area (Å²) in [6.45, 7) is 1.47. The maximum Gasteiger partial charge on any atom is 0.310 e. The molecule has 18 heavy (non-hydrogen) atoms. The molecule has 104 valence electrons. The molecule has 1 aliphatic heterocycles. The Morgan fingerprint density at radius 3 is 1.89 bits per heavy atom. The lowest BCUT2D eigenvalue weighted by Crippen LogP contribution is -2.32. The molecule has 1 fully saturated rings. The first-order chi connectivity index (χ1) is 7.97. The van der Waals surface area contributed by atoms with Crippen LogP contribution in [0.2, 0.25) is 0 Å². The number of benzene rings is 1. The van der Waals surface area contributed by atoms with Gasteiger partial charge in [0.1, 0.15) is 4.90 Å². The predicted molar refractivity (Wildman–Crippen MR) is 62.4 cm³/mol.